The van der Waals surface area contributed by atoms with E-state index in [2.05, 4.69) is 15.6 Å². The fourth-order valence-electron chi connectivity index (χ4n) is 3.68. The highest BCUT2D eigenvalue weighted by Crippen LogP contribution is 2.34. The zero-order valence-electron chi connectivity index (χ0n) is 16.4. The van der Waals surface area contributed by atoms with Crippen LogP contribution in [0.4, 0.5) is 13.2 Å². The molecule has 0 atom stereocenters. The summed E-state index contributed by atoms with van der Waals surface area (Å²) in [6.45, 7) is -0.312. The number of rotatable bonds is 4. The number of halogens is 3. The van der Waals surface area contributed by atoms with Crippen molar-refractivity contribution in [2.24, 2.45) is 5.92 Å². The Morgan fingerprint density at radius 2 is 1.50 bits per heavy atom. The smallest absolute Gasteiger partial charge is 0.342 e. The Hall–Kier alpha value is -3.03. The molecule has 3 aliphatic rings. The lowest BCUT2D eigenvalue weighted by atomic mass is 9.82. The van der Waals surface area contributed by atoms with Gasteiger partial charge in [-0.05, 0) is 25.0 Å². The molecule has 2 heterocycles. The molecular weight excluding hydrogens is 439 g/mol. The van der Waals surface area contributed by atoms with Crippen LogP contribution in [0.2, 0.25) is 0 Å². The van der Waals surface area contributed by atoms with E-state index in [-0.39, 0.29) is 37.2 Å². The molecule has 2 fully saturated rings. The van der Waals surface area contributed by atoms with Gasteiger partial charge in [0, 0.05) is 5.92 Å². The molecule has 0 unspecified atom stereocenters. The van der Waals surface area contributed by atoms with Crippen LogP contribution in [-0.4, -0.2) is 66.5 Å². The van der Waals surface area contributed by atoms with Crippen molar-refractivity contribution in [2.75, 3.05) is 13.2 Å². The molecule has 4 rings (SSSR count). The molecule has 10 nitrogen and oxygen atoms in total. The van der Waals surface area contributed by atoms with E-state index in [1.54, 1.807) is 24.3 Å². The molecule has 1 aliphatic carbocycles. The van der Waals surface area contributed by atoms with Crippen molar-refractivity contribution in [1.29, 1.82) is 0 Å². The zero-order valence-corrected chi connectivity index (χ0v) is 16.4. The summed E-state index contributed by atoms with van der Waals surface area (Å²) in [5.41, 5.74) is 4.74. The summed E-state index contributed by atoms with van der Waals surface area (Å²) in [7, 11) is 0. The van der Waals surface area contributed by atoms with Gasteiger partial charge in [0.1, 0.15) is 0 Å². The normalized spacial score (nSPS) is 27.5. The van der Waals surface area contributed by atoms with Crippen LogP contribution in [0.15, 0.2) is 24.3 Å². The van der Waals surface area contributed by atoms with E-state index >= 15 is 0 Å². The maximum absolute atomic E-state index is 12.5. The largest absolute Gasteiger partial charge is 0.522 e. The SMILES string of the molecule is O=C1c2ccccc2C(=O)N1[C@H]1CO[C@H](C(=O)NNC(=O)[C@H]2C[C@@H](OC(F)(F)F)C2)OC1. The number of benzene rings is 1. The molecule has 172 valence electrons. The number of hydrogen-bond donors (Lipinski definition) is 2. The van der Waals surface area contributed by atoms with Gasteiger partial charge in [0.25, 0.3) is 17.7 Å². The third-order valence-electron chi connectivity index (χ3n) is 5.36. The molecule has 13 heteroatoms. The highest BCUT2D eigenvalue weighted by molar-refractivity contribution is 6.21. The van der Waals surface area contributed by atoms with E-state index < -0.39 is 54.3 Å². The van der Waals surface area contributed by atoms with E-state index in [0.717, 1.165) is 4.90 Å². The van der Waals surface area contributed by atoms with E-state index in [1.165, 1.54) is 0 Å². The number of nitrogens with zero attached hydrogens (tertiary/aromatic N) is 1. The lowest BCUT2D eigenvalue weighted by Crippen LogP contribution is -2.56. The Morgan fingerprint density at radius 3 is 2.03 bits per heavy atom. The molecule has 1 aromatic carbocycles. The number of alkyl halides is 3. The van der Waals surface area contributed by atoms with Gasteiger partial charge in [0.05, 0.1) is 36.5 Å². The summed E-state index contributed by atoms with van der Waals surface area (Å²) in [6.07, 6.45) is -7.50. The van der Waals surface area contributed by atoms with Crippen LogP contribution in [0, 0.1) is 5.92 Å². The zero-order chi connectivity index (χ0) is 23.0. The number of imide groups is 1. The predicted molar refractivity (Wildman–Crippen MR) is 96.4 cm³/mol. The lowest BCUT2D eigenvalue weighted by molar-refractivity contribution is -0.353. The highest BCUT2D eigenvalue weighted by Gasteiger charge is 2.44. The van der Waals surface area contributed by atoms with E-state index in [4.69, 9.17) is 9.47 Å². The number of hydrazine groups is 1. The molecule has 2 N–H and O–H groups in total. The van der Waals surface area contributed by atoms with Crippen molar-refractivity contribution in [3.8, 4) is 0 Å². The predicted octanol–water partition coefficient (Wildman–Crippen LogP) is 0.486. The first-order chi connectivity index (χ1) is 15.1. The summed E-state index contributed by atoms with van der Waals surface area (Å²) in [5, 5.41) is 0. The Morgan fingerprint density at radius 1 is 0.969 bits per heavy atom. The van der Waals surface area contributed by atoms with Crippen LogP contribution in [0.1, 0.15) is 33.6 Å². The van der Waals surface area contributed by atoms with Crippen molar-refractivity contribution >= 4 is 23.6 Å². The van der Waals surface area contributed by atoms with Crippen LogP contribution < -0.4 is 10.9 Å². The minimum atomic E-state index is -4.76. The van der Waals surface area contributed by atoms with Crippen molar-refractivity contribution < 1.29 is 46.6 Å². The second-order valence-electron chi connectivity index (χ2n) is 7.51. The number of hydrogen-bond acceptors (Lipinski definition) is 7. The van der Waals surface area contributed by atoms with Gasteiger partial charge in [0.15, 0.2) is 0 Å². The average molecular weight is 457 g/mol. The second-order valence-corrected chi connectivity index (χ2v) is 7.51. The summed E-state index contributed by atoms with van der Waals surface area (Å²) >= 11 is 0. The third kappa shape index (κ3) is 4.45. The maximum Gasteiger partial charge on any atom is 0.522 e. The Balaban J connectivity index is 1.21. The fourth-order valence-corrected chi connectivity index (χ4v) is 3.68. The van der Waals surface area contributed by atoms with Crippen molar-refractivity contribution in [2.45, 2.75) is 37.6 Å². The molecule has 0 spiro atoms. The molecule has 4 amide bonds. The van der Waals surface area contributed by atoms with Gasteiger partial charge in [-0.1, -0.05) is 12.1 Å². The molecule has 32 heavy (non-hydrogen) atoms. The first-order valence-electron chi connectivity index (χ1n) is 9.68. The van der Waals surface area contributed by atoms with Crippen molar-refractivity contribution in [1.82, 2.24) is 15.8 Å². The van der Waals surface area contributed by atoms with E-state index in [9.17, 15) is 32.3 Å². The molecule has 1 saturated carbocycles. The van der Waals surface area contributed by atoms with Gasteiger partial charge in [0.2, 0.25) is 12.2 Å². The van der Waals surface area contributed by atoms with Gasteiger partial charge >= 0.3 is 6.36 Å². The summed E-state index contributed by atoms with van der Waals surface area (Å²) in [5.74, 6) is -3.20. The van der Waals surface area contributed by atoms with Gasteiger partial charge in [-0.2, -0.15) is 0 Å². The van der Waals surface area contributed by atoms with E-state index in [1.807, 2.05) is 0 Å². The minimum absolute atomic E-state index is 0.125. The maximum atomic E-state index is 12.5. The van der Waals surface area contributed by atoms with Crippen molar-refractivity contribution in [3.05, 3.63) is 35.4 Å². The number of carbonyl (C=O) groups is 4. The summed E-state index contributed by atoms with van der Waals surface area (Å²) in [4.78, 5) is 50.0. The van der Waals surface area contributed by atoms with Crippen molar-refractivity contribution in [3.63, 3.8) is 0 Å². The minimum Gasteiger partial charge on any atom is -0.342 e. The standard InChI is InChI=1S/C19H18F3N3O7/c20-19(21,22)32-11-5-9(6-11)14(26)23-24-15(27)18-30-7-10(8-31-18)25-16(28)12-3-1-2-4-13(12)17(25)29/h1-4,9-11,18H,5-8H2,(H,23,26)(H,24,27)/t9-,10-,11+,18-. The number of fused-ring (bicyclic) bond motifs is 1. The quantitative estimate of drug-likeness (QED) is 0.498. The third-order valence-corrected chi connectivity index (χ3v) is 5.36. The molecule has 0 aromatic heterocycles. The topological polar surface area (TPSA) is 123 Å². The fraction of sp³-hybridized carbons (Fsp3) is 0.474. The molecule has 2 aliphatic heterocycles. The van der Waals surface area contributed by atoms with Crippen LogP contribution in [0.3, 0.4) is 0 Å². The number of nitrogens with one attached hydrogen (secondary N) is 2. The first-order valence-corrected chi connectivity index (χ1v) is 9.68. The van der Waals surface area contributed by atoms with Crippen LogP contribution in [-0.2, 0) is 23.8 Å². The Bertz CT molecular complexity index is 905. The monoisotopic (exact) mass is 457 g/mol. The van der Waals surface area contributed by atoms with Crippen LogP contribution in [0.25, 0.3) is 0 Å². The summed E-state index contributed by atoms with van der Waals surface area (Å²) < 4.78 is 50.7. The average Bonchev–Trinajstić information content (AvgIpc) is 2.98. The van der Waals surface area contributed by atoms with Crippen LogP contribution >= 0.6 is 0 Å². The molecule has 0 radical (unpaired) electrons. The highest BCUT2D eigenvalue weighted by atomic mass is 19.4. The molecule has 1 saturated heterocycles. The first kappa shape index (κ1) is 22.2. The lowest BCUT2D eigenvalue weighted by Gasteiger charge is -2.34. The molecule has 1 aromatic rings. The van der Waals surface area contributed by atoms with Gasteiger partial charge in [-0.3, -0.25) is 39.7 Å². The number of ether oxygens (including phenoxy) is 3. The van der Waals surface area contributed by atoms with Gasteiger partial charge in [-0.15, -0.1) is 13.2 Å². The number of amides is 4. The number of carbonyl (C=O) groups excluding carboxylic acids is 4. The molecule has 0 bridgehead atoms. The van der Waals surface area contributed by atoms with Gasteiger partial charge in [-0.25, -0.2) is 0 Å². The Labute approximate surface area is 178 Å². The summed E-state index contributed by atoms with van der Waals surface area (Å²) in [6, 6.07) is 5.63. The Kier molecular flexibility index (Phi) is 5.88. The van der Waals surface area contributed by atoms with Gasteiger partial charge < -0.3 is 9.47 Å². The van der Waals surface area contributed by atoms with Crippen LogP contribution in [0.5, 0.6) is 0 Å². The van der Waals surface area contributed by atoms with E-state index in [0.29, 0.717) is 0 Å². The molecular formula is C19H18F3N3O7. The second kappa shape index (κ2) is 8.48.